The van der Waals surface area contributed by atoms with E-state index in [0.29, 0.717) is 6.42 Å². The Balaban J connectivity index is 2.60. The van der Waals surface area contributed by atoms with Crippen molar-refractivity contribution in [3.05, 3.63) is 23.8 Å². The molecule has 6 heteroatoms. The molecule has 0 aliphatic carbocycles. The molecule has 0 radical (unpaired) electrons. The SMILES string of the molecule is CNC(CCCS(C)(=O)=O)c1ccnc(C)n1. The maximum Gasteiger partial charge on any atom is 0.147 e. The summed E-state index contributed by atoms with van der Waals surface area (Å²) in [5.74, 6) is 0.945. The molecule has 0 aliphatic heterocycles. The van der Waals surface area contributed by atoms with Gasteiger partial charge in [0.25, 0.3) is 0 Å². The van der Waals surface area contributed by atoms with E-state index in [2.05, 4.69) is 15.3 Å². The average molecular weight is 257 g/mol. The van der Waals surface area contributed by atoms with Gasteiger partial charge in [0.15, 0.2) is 0 Å². The van der Waals surface area contributed by atoms with Crippen LogP contribution < -0.4 is 5.32 Å². The molecule has 0 fully saturated rings. The molecule has 0 aliphatic rings. The molecule has 0 bridgehead atoms. The number of aromatic nitrogens is 2. The third-order valence-electron chi connectivity index (χ3n) is 2.51. The lowest BCUT2D eigenvalue weighted by molar-refractivity contribution is 0.522. The molecule has 0 spiro atoms. The number of hydrogen-bond acceptors (Lipinski definition) is 5. The minimum atomic E-state index is -2.88. The molecule has 1 unspecified atom stereocenters. The standard InChI is InChI=1S/C11H19N3O2S/c1-9-13-7-6-11(14-9)10(12-2)5-4-8-17(3,15)16/h6-7,10,12H,4-5,8H2,1-3H3. The Morgan fingerprint density at radius 3 is 2.71 bits per heavy atom. The minimum absolute atomic E-state index is 0.0819. The topological polar surface area (TPSA) is 72.0 Å². The van der Waals surface area contributed by atoms with Crippen LogP contribution >= 0.6 is 0 Å². The van der Waals surface area contributed by atoms with Crippen molar-refractivity contribution in [3.63, 3.8) is 0 Å². The first-order valence-electron chi connectivity index (χ1n) is 5.57. The summed E-state index contributed by atoms with van der Waals surface area (Å²) in [7, 11) is -1.03. The molecule has 1 aromatic rings. The quantitative estimate of drug-likeness (QED) is 0.818. The predicted octanol–water partition coefficient (Wildman–Crippen LogP) is 0.870. The number of hydrogen-bond donors (Lipinski definition) is 1. The number of aryl methyl sites for hydroxylation is 1. The molecule has 0 saturated carbocycles. The van der Waals surface area contributed by atoms with Crippen LogP contribution in [0.25, 0.3) is 0 Å². The lowest BCUT2D eigenvalue weighted by Crippen LogP contribution is -2.19. The summed E-state index contributed by atoms with van der Waals surface area (Å²) < 4.78 is 22.1. The van der Waals surface area contributed by atoms with Gasteiger partial charge < -0.3 is 5.32 Å². The van der Waals surface area contributed by atoms with Crippen LogP contribution in [0.5, 0.6) is 0 Å². The van der Waals surface area contributed by atoms with Crippen molar-refractivity contribution in [2.24, 2.45) is 0 Å². The van der Waals surface area contributed by atoms with Crippen LogP contribution in [0.4, 0.5) is 0 Å². The Kier molecular flexibility index (Phi) is 5.02. The van der Waals surface area contributed by atoms with Gasteiger partial charge >= 0.3 is 0 Å². The van der Waals surface area contributed by atoms with Crippen LogP contribution in [0, 0.1) is 6.92 Å². The molecule has 17 heavy (non-hydrogen) atoms. The van der Waals surface area contributed by atoms with E-state index in [-0.39, 0.29) is 11.8 Å². The molecule has 0 amide bonds. The number of nitrogens with zero attached hydrogens (tertiary/aromatic N) is 2. The van der Waals surface area contributed by atoms with Crippen LogP contribution in [0.3, 0.4) is 0 Å². The van der Waals surface area contributed by atoms with Gasteiger partial charge in [-0.1, -0.05) is 0 Å². The first kappa shape index (κ1) is 14.1. The summed E-state index contributed by atoms with van der Waals surface area (Å²) >= 11 is 0. The lowest BCUT2D eigenvalue weighted by atomic mass is 10.1. The van der Waals surface area contributed by atoms with E-state index >= 15 is 0 Å². The molecule has 1 heterocycles. The van der Waals surface area contributed by atoms with Crippen molar-refractivity contribution in [2.45, 2.75) is 25.8 Å². The maximum absolute atomic E-state index is 11.0. The number of nitrogens with one attached hydrogen (secondary N) is 1. The van der Waals surface area contributed by atoms with Gasteiger partial charge in [-0.25, -0.2) is 18.4 Å². The van der Waals surface area contributed by atoms with Gasteiger partial charge in [0.05, 0.1) is 5.69 Å². The van der Waals surface area contributed by atoms with Crippen LogP contribution in [0.15, 0.2) is 12.3 Å². The van der Waals surface area contributed by atoms with Crippen LogP contribution in [-0.4, -0.2) is 37.4 Å². The molecule has 1 atom stereocenters. The fourth-order valence-corrected chi connectivity index (χ4v) is 2.35. The largest absolute Gasteiger partial charge is 0.312 e. The second kappa shape index (κ2) is 6.07. The molecule has 1 aromatic heterocycles. The van der Waals surface area contributed by atoms with Gasteiger partial charge in [0, 0.05) is 24.2 Å². The molecule has 96 valence electrons. The Morgan fingerprint density at radius 1 is 1.47 bits per heavy atom. The van der Waals surface area contributed by atoms with Crippen molar-refractivity contribution in [1.29, 1.82) is 0 Å². The molecular formula is C11H19N3O2S. The second-order valence-electron chi connectivity index (χ2n) is 4.14. The molecule has 0 saturated heterocycles. The van der Waals surface area contributed by atoms with Gasteiger partial charge in [-0.3, -0.25) is 0 Å². The van der Waals surface area contributed by atoms with E-state index in [1.807, 2.05) is 20.0 Å². The molecule has 0 aromatic carbocycles. The highest BCUT2D eigenvalue weighted by Gasteiger charge is 2.12. The van der Waals surface area contributed by atoms with E-state index in [0.717, 1.165) is 17.9 Å². The first-order valence-corrected chi connectivity index (χ1v) is 7.63. The van der Waals surface area contributed by atoms with Gasteiger partial charge in [-0.05, 0) is 32.9 Å². The third-order valence-corrected chi connectivity index (χ3v) is 3.54. The van der Waals surface area contributed by atoms with Crippen molar-refractivity contribution < 1.29 is 8.42 Å². The van der Waals surface area contributed by atoms with Gasteiger partial charge in [0.2, 0.25) is 0 Å². The lowest BCUT2D eigenvalue weighted by Gasteiger charge is -2.15. The average Bonchev–Trinajstić information content (AvgIpc) is 2.23. The van der Waals surface area contributed by atoms with E-state index in [4.69, 9.17) is 0 Å². The Labute approximate surface area is 103 Å². The van der Waals surface area contributed by atoms with E-state index in [1.165, 1.54) is 6.26 Å². The fourth-order valence-electron chi connectivity index (χ4n) is 1.66. The number of sulfone groups is 1. The third kappa shape index (κ3) is 5.23. The summed E-state index contributed by atoms with van der Waals surface area (Å²) in [4.78, 5) is 8.38. The minimum Gasteiger partial charge on any atom is -0.312 e. The summed E-state index contributed by atoms with van der Waals surface area (Å²) in [6.45, 7) is 1.84. The predicted molar refractivity (Wildman–Crippen MR) is 67.5 cm³/mol. The van der Waals surface area contributed by atoms with Gasteiger partial charge in [0.1, 0.15) is 15.7 Å². The smallest absolute Gasteiger partial charge is 0.147 e. The summed E-state index contributed by atoms with van der Waals surface area (Å²) in [5.41, 5.74) is 0.911. The zero-order valence-corrected chi connectivity index (χ0v) is 11.3. The van der Waals surface area contributed by atoms with Crippen LogP contribution in [-0.2, 0) is 9.84 Å². The second-order valence-corrected chi connectivity index (χ2v) is 6.40. The fraction of sp³-hybridized carbons (Fsp3) is 0.636. The monoisotopic (exact) mass is 257 g/mol. The highest BCUT2D eigenvalue weighted by atomic mass is 32.2. The Bertz CT molecular complexity index is 460. The first-order chi connectivity index (χ1) is 7.92. The van der Waals surface area contributed by atoms with Crippen molar-refractivity contribution in [3.8, 4) is 0 Å². The molecule has 1 rings (SSSR count). The van der Waals surface area contributed by atoms with E-state index < -0.39 is 9.84 Å². The van der Waals surface area contributed by atoms with Crippen molar-refractivity contribution >= 4 is 9.84 Å². The Hall–Kier alpha value is -1.01. The van der Waals surface area contributed by atoms with Crippen molar-refractivity contribution in [2.75, 3.05) is 19.1 Å². The molecular weight excluding hydrogens is 238 g/mol. The van der Waals surface area contributed by atoms with E-state index in [9.17, 15) is 8.42 Å². The zero-order valence-electron chi connectivity index (χ0n) is 10.5. The summed E-state index contributed by atoms with van der Waals surface area (Å²) in [6, 6.07) is 1.94. The van der Waals surface area contributed by atoms with Crippen LogP contribution in [0.1, 0.15) is 30.4 Å². The number of rotatable bonds is 6. The Morgan fingerprint density at radius 2 is 2.18 bits per heavy atom. The summed E-state index contributed by atoms with van der Waals surface area (Å²) in [6.07, 6.45) is 4.36. The normalized spacial score (nSPS) is 13.6. The highest BCUT2D eigenvalue weighted by molar-refractivity contribution is 7.90. The summed E-state index contributed by atoms with van der Waals surface area (Å²) in [5, 5.41) is 3.15. The van der Waals surface area contributed by atoms with Crippen molar-refractivity contribution in [1.82, 2.24) is 15.3 Å². The van der Waals surface area contributed by atoms with Crippen LogP contribution in [0.2, 0.25) is 0 Å². The van der Waals surface area contributed by atoms with E-state index in [1.54, 1.807) is 6.20 Å². The molecule has 1 N–H and O–H groups in total. The highest BCUT2D eigenvalue weighted by Crippen LogP contribution is 2.15. The maximum atomic E-state index is 11.0. The zero-order chi connectivity index (χ0) is 12.9. The van der Waals surface area contributed by atoms with Gasteiger partial charge in [-0.2, -0.15) is 0 Å². The molecule has 5 nitrogen and oxygen atoms in total. The van der Waals surface area contributed by atoms with Gasteiger partial charge in [-0.15, -0.1) is 0 Å².